The molecule has 2 heterocycles. The number of benzene rings is 2. The summed E-state index contributed by atoms with van der Waals surface area (Å²) in [7, 11) is 1.51. The minimum absolute atomic E-state index is 0.0352. The number of anilines is 1. The van der Waals surface area contributed by atoms with Crippen LogP contribution in [0, 0.1) is 6.92 Å². The molecule has 0 saturated carbocycles. The van der Waals surface area contributed by atoms with Gasteiger partial charge in [0, 0.05) is 16.1 Å². The maximum Gasteiger partial charge on any atom is 0.301 e. The molecule has 0 aliphatic carbocycles. The summed E-state index contributed by atoms with van der Waals surface area (Å²) < 4.78 is 11.1. The third-order valence-corrected chi connectivity index (χ3v) is 5.31. The first-order chi connectivity index (χ1) is 14.4. The molecule has 1 aromatic heterocycles. The summed E-state index contributed by atoms with van der Waals surface area (Å²) in [4.78, 5) is 27.2. The molecule has 1 atom stereocenters. The van der Waals surface area contributed by atoms with E-state index in [4.69, 9.17) is 9.26 Å². The molecule has 0 spiro atoms. The number of hydrogen-bond donors (Lipinski definition) is 1. The molecule has 1 aliphatic heterocycles. The van der Waals surface area contributed by atoms with Crippen LogP contribution in [-0.4, -0.2) is 29.1 Å². The molecule has 1 amide bonds. The summed E-state index contributed by atoms with van der Waals surface area (Å²) in [5.74, 6) is -0.685. The van der Waals surface area contributed by atoms with Crippen molar-refractivity contribution in [3.8, 4) is 5.75 Å². The van der Waals surface area contributed by atoms with Crippen molar-refractivity contribution in [3.05, 3.63) is 81.5 Å². The van der Waals surface area contributed by atoms with Crippen LogP contribution in [-0.2, 0) is 9.59 Å². The molecule has 1 aliphatic rings. The third-order valence-electron chi connectivity index (χ3n) is 4.81. The Morgan fingerprint density at radius 2 is 1.93 bits per heavy atom. The fourth-order valence-corrected chi connectivity index (χ4v) is 3.87. The summed E-state index contributed by atoms with van der Waals surface area (Å²) >= 11 is 3.42. The SMILES string of the molecule is COc1cccc(/C(O)=C2\C(=O)C(=O)N(c3cc(C)on3)C2c2cccc(Br)c2)c1. The molecule has 8 heteroatoms. The summed E-state index contributed by atoms with van der Waals surface area (Å²) in [5.41, 5.74) is 0.962. The van der Waals surface area contributed by atoms with Crippen LogP contribution >= 0.6 is 15.9 Å². The highest BCUT2D eigenvalue weighted by molar-refractivity contribution is 9.10. The van der Waals surface area contributed by atoms with Crippen molar-refractivity contribution in [3.63, 3.8) is 0 Å². The van der Waals surface area contributed by atoms with Gasteiger partial charge in [-0.3, -0.25) is 14.5 Å². The van der Waals surface area contributed by atoms with Crippen LogP contribution < -0.4 is 9.64 Å². The number of aryl methyl sites for hydroxylation is 1. The number of carbonyl (C=O) groups excluding carboxylic acids is 2. The zero-order chi connectivity index (χ0) is 21.4. The molecule has 1 fully saturated rings. The normalized spacial score (nSPS) is 18.1. The largest absolute Gasteiger partial charge is 0.507 e. The predicted molar refractivity (Wildman–Crippen MR) is 113 cm³/mol. The molecule has 0 radical (unpaired) electrons. The lowest BCUT2D eigenvalue weighted by Gasteiger charge is -2.23. The van der Waals surface area contributed by atoms with Crippen molar-refractivity contribution in [2.45, 2.75) is 13.0 Å². The Morgan fingerprint density at radius 1 is 1.17 bits per heavy atom. The van der Waals surface area contributed by atoms with Crippen LogP contribution in [0.4, 0.5) is 5.82 Å². The van der Waals surface area contributed by atoms with Crippen LogP contribution in [0.15, 0.2) is 69.2 Å². The summed E-state index contributed by atoms with van der Waals surface area (Å²) in [6, 6.07) is 14.5. The maximum atomic E-state index is 13.0. The number of amides is 1. The Hall–Kier alpha value is -3.39. The van der Waals surface area contributed by atoms with E-state index in [-0.39, 0.29) is 17.2 Å². The van der Waals surface area contributed by atoms with Crippen molar-refractivity contribution < 1.29 is 24.0 Å². The lowest BCUT2D eigenvalue weighted by Crippen LogP contribution is -2.29. The molecule has 4 rings (SSSR count). The number of aliphatic hydroxyl groups is 1. The van der Waals surface area contributed by atoms with E-state index in [2.05, 4.69) is 21.1 Å². The van der Waals surface area contributed by atoms with E-state index in [0.29, 0.717) is 22.6 Å². The van der Waals surface area contributed by atoms with Gasteiger partial charge in [-0.25, -0.2) is 0 Å². The van der Waals surface area contributed by atoms with Crippen LogP contribution in [0.2, 0.25) is 0 Å². The zero-order valence-corrected chi connectivity index (χ0v) is 17.7. The Bertz CT molecular complexity index is 1180. The molecule has 3 aromatic rings. The van der Waals surface area contributed by atoms with Gasteiger partial charge in [-0.15, -0.1) is 0 Å². The number of carbonyl (C=O) groups is 2. The van der Waals surface area contributed by atoms with Gasteiger partial charge in [0.05, 0.1) is 18.7 Å². The van der Waals surface area contributed by atoms with E-state index in [1.807, 2.05) is 6.07 Å². The lowest BCUT2D eigenvalue weighted by molar-refractivity contribution is -0.132. The Morgan fingerprint density at radius 3 is 2.60 bits per heavy atom. The molecule has 7 nitrogen and oxygen atoms in total. The number of rotatable bonds is 4. The number of aromatic nitrogens is 1. The molecule has 30 heavy (non-hydrogen) atoms. The van der Waals surface area contributed by atoms with E-state index >= 15 is 0 Å². The fraction of sp³-hybridized carbons (Fsp3) is 0.136. The minimum Gasteiger partial charge on any atom is -0.507 e. The van der Waals surface area contributed by atoms with Crippen molar-refractivity contribution in [1.82, 2.24) is 5.16 Å². The fourth-order valence-electron chi connectivity index (χ4n) is 3.45. The summed E-state index contributed by atoms with van der Waals surface area (Å²) in [6.45, 7) is 1.69. The van der Waals surface area contributed by atoms with Gasteiger partial charge in [0.2, 0.25) is 0 Å². The highest BCUT2D eigenvalue weighted by Gasteiger charge is 2.48. The number of Topliss-reactive ketones (excluding diaryl/α,β-unsaturated/α-hetero) is 1. The molecule has 152 valence electrons. The van der Waals surface area contributed by atoms with Crippen LogP contribution in [0.3, 0.4) is 0 Å². The number of nitrogens with zero attached hydrogens (tertiary/aromatic N) is 2. The molecular weight excluding hydrogens is 452 g/mol. The number of ketones is 1. The van der Waals surface area contributed by atoms with E-state index < -0.39 is 17.7 Å². The maximum absolute atomic E-state index is 13.0. The molecule has 1 unspecified atom stereocenters. The average molecular weight is 469 g/mol. The highest BCUT2D eigenvalue weighted by Crippen LogP contribution is 2.42. The van der Waals surface area contributed by atoms with E-state index in [1.165, 1.54) is 12.0 Å². The van der Waals surface area contributed by atoms with E-state index in [0.717, 1.165) is 4.47 Å². The Labute approximate surface area is 180 Å². The molecule has 1 saturated heterocycles. The molecular formula is C22H17BrN2O5. The second-order valence-electron chi connectivity index (χ2n) is 6.75. The average Bonchev–Trinajstić information content (AvgIpc) is 3.28. The smallest absolute Gasteiger partial charge is 0.301 e. The first-order valence-electron chi connectivity index (χ1n) is 9.05. The second kappa shape index (κ2) is 7.79. The van der Waals surface area contributed by atoms with E-state index in [1.54, 1.807) is 55.5 Å². The standard InChI is InChI=1S/C22H17BrN2O5/c1-12-9-17(24-30-12)25-19(13-5-3-7-15(23)10-13)18(21(27)22(25)28)20(26)14-6-4-8-16(11-14)29-2/h3-11,19,26H,1-2H3/b20-18+. The third kappa shape index (κ3) is 3.39. The monoisotopic (exact) mass is 468 g/mol. The van der Waals surface area contributed by atoms with Crippen LogP contribution in [0.1, 0.15) is 22.9 Å². The summed E-state index contributed by atoms with van der Waals surface area (Å²) in [6.07, 6.45) is 0. The quantitative estimate of drug-likeness (QED) is 0.347. The second-order valence-corrected chi connectivity index (χ2v) is 7.67. The number of methoxy groups -OCH3 is 1. The van der Waals surface area contributed by atoms with Crippen molar-refractivity contribution in [2.75, 3.05) is 12.0 Å². The Kier molecular flexibility index (Phi) is 5.17. The predicted octanol–water partition coefficient (Wildman–Crippen LogP) is 4.38. The minimum atomic E-state index is -0.877. The van der Waals surface area contributed by atoms with Crippen LogP contribution in [0.25, 0.3) is 5.76 Å². The first kappa shape index (κ1) is 19.9. The van der Waals surface area contributed by atoms with E-state index in [9.17, 15) is 14.7 Å². The molecule has 2 aromatic carbocycles. The Balaban J connectivity index is 1.95. The highest BCUT2D eigenvalue weighted by atomic mass is 79.9. The van der Waals surface area contributed by atoms with Gasteiger partial charge in [0.25, 0.3) is 5.78 Å². The zero-order valence-electron chi connectivity index (χ0n) is 16.1. The van der Waals surface area contributed by atoms with Crippen molar-refractivity contribution >= 4 is 39.2 Å². The van der Waals surface area contributed by atoms with Crippen LogP contribution in [0.5, 0.6) is 5.75 Å². The van der Waals surface area contributed by atoms with Gasteiger partial charge >= 0.3 is 5.91 Å². The molecule has 1 N–H and O–H groups in total. The lowest BCUT2D eigenvalue weighted by atomic mass is 9.95. The summed E-state index contributed by atoms with van der Waals surface area (Å²) in [5, 5.41) is 15.0. The first-order valence-corrected chi connectivity index (χ1v) is 9.84. The van der Waals surface area contributed by atoms with Crippen molar-refractivity contribution in [2.24, 2.45) is 0 Å². The number of hydrogen-bond acceptors (Lipinski definition) is 6. The topological polar surface area (TPSA) is 92.9 Å². The van der Waals surface area contributed by atoms with Gasteiger partial charge in [0.15, 0.2) is 5.82 Å². The van der Waals surface area contributed by atoms with Gasteiger partial charge in [-0.2, -0.15) is 0 Å². The van der Waals surface area contributed by atoms with Crippen molar-refractivity contribution in [1.29, 1.82) is 0 Å². The number of ether oxygens (including phenoxy) is 1. The number of aliphatic hydroxyl groups excluding tert-OH is 1. The van der Waals surface area contributed by atoms with Gasteiger partial charge in [-0.1, -0.05) is 45.4 Å². The molecule has 0 bridgehead atoms. The number of halogens is 1. The van der Waals surface area contributed by atoms with Gasteiger partial charge < -0.3 is 14.4 Å². The van der Waals surface area contributed by atoms with Gasteiger partial charge in [-0.05, 0) is 36.8 Å². The van der Waals surface area contributed by atoms with Gasteiger partial charge in [0.1, 0.15) is 17.3 Å².